The van der Waals surface area contributed by atoms with Gasteiger partial charge in [-0.2, -0.15) is 5.48 Å². The number of H-pyrrole nitrogens is 1. The number of ether oxygens (including phenoxy) is 1. The van der Waals surface area contributed by atoms with Gasteiger partial charge in [-0.3, -0.25) is 19.2 Å². The second kappa shape index (κ2) is 8.68. The summed E-state index contributed by atoms with van der Waals surface area (Å²) < 4.78 is 6.88. The Morgan fingerprint density at radius 2 is 1.79 bits per heavy atom. The van der Waals surface area contributed by atoms with Crippen LogP contribution < -0.4 is 22.0 Å². The van der Waals surface area contributed by atoms with Crippen molar-refractivity contribution in [1.29, 1.82) is 0 Å². The number of alkyl carbamates (subject to hydrolysis) is 1. The third kappa shape index (κ3) is 4.08. The third-order valence-electron chi connectivity index (χ3n) is 6.15. The highest BCUT2D eigenvalue weighted by atomic mass is 16.7. The van der Waals surface area contributed by atoms with Crippen LogP contribution in [-0.4, -0.2) is 34.8 Å². The molecule has 170 valence electrons. The molecule has 0 spiro atoms. The molecule has 2 atom stereocenters. The first-order valence-corrected chi connectivity index (χ1v) is 10.8. The molecule has 9 heteroatoms. The Balaban J connectivity index is 1.16. The van der Waals surface area contributed by atoms with Crippen LogP contribution in [0.3, 0.4) is 0 Å². The zero-order valence-electron chi connectivity index (χ0n) is 18.0. The molecule has 1 aliphatic carbocycles. The smallest absolute Gasteiger partial charge is 0.407 e. The van der Waals surface area contributed by atoms with Gasteiger partial charge in [-0.05, 0) is 29.2 Å². The molecule has 5 rings (SSSR count). The minimum absolute atomic E-state index is 0.00387. The molecular formula is C24H24N4O5. The molecule has 0 unspecified atom stereocenters. The Morgan fingerprint density at radius 1 is 1.12 bits per heavy atom. The van der Waals surface area contributed by atoms with Gasteiger partial charge < -0.3 is 10.1 Å². The van der Waals surface area contributed by atoms with E-state index >= 15 is 0 Å². The van der Waals surface area contributed by atoms with Gasteiger partial charge in [0.25, 0.3) is 5.56 Å². The predicted octanol–water partition coefficient (Wildman–Crippen LogP) is 2.18. The molecule has 2 heterocycles. The fraction of sp³-hybridized carbons (Fsp3) is 0.292. The number of fused-ring (bicyclic) bond motifs is 3. The zero-order valence-corrected chi connectivity index (χ0v) is 18.0. The van der Waals surface area contributed by atoms with E-state index in [9.17, 15) is 14.4 Å². The fourth-order valence-corrected chi connectivity index (χ4v) is 4.47. The van der Waals surface area contributed by atoms with Gasteiger partial charge >= 0.3 is 11.8 Å². The lowest BCUT2D eigenvalue weighted by molar-refractivity contribution is -0.0171. The van der Waals surface area contributed by atoms with Crippen LogP contribution in [0.5, 0.6) is 0 Å². The molecule has 2 aliphatic rings. The SMILES string of the molecule is Cc1cn([C@@H]2C[C@H](CNC(=O)OCC3c4ccccc4-c4ccccc43)NO2)c(=O)[nH]c1=O. The molecule has 3 N–H and O–H groups in total. The first-order chi connectivity index (χ1) is 16.0. The molecule has 33 heavy (non-hydrogen) atoms. The van der Waals surface area contributed by atoms with Crippen molar-refractivity contribution in [3.63, 3.8) is 0 Å². The summed E-state index contributed by atoms with van der Waals surface area (Å²) in [4.78, 5) is 43.7. The number of aromatic amines is 1. The Bertz CT molecular complexity index is 1270. The Labute approximate surface area is 189 Å². The highest BCUT2D eigenvalue weighted by Gasteiger charge is 2.30. The van der Waals surface area contributed by atoms with E-state index < -0.39 is 23.6 Å². The molecule has 1 aliphatic heterocycles. The van der Waals surface area contributed by atoms with Crippen LogP contribution in [0.1, 0.15) is 35.3 Å². The van der Waals surface area contributed by atoms with Gasteiger partial charge in [-0.1, -0.05) is 48.5 Å². The Kier molecular flexibility index (Phi) is 5.57. The van der Waals surface area contributed by atoms with Crippen LogP contribution in [-0.2, 0) is 9.57 Å². The van der Waals surface area contributed by atoms with Gasteiger partial charge in [0, 0.05) is 30.6 Å². The fourth-order valence-electron chi connectivity index (χ4n) is 4.47. The van der Waals surface area contributed by atoms with Crippen molar-refractivity contribution in [3.05, 3.63) is 92.3 Å². The van der Waals surface area contributed by atoms with E-state index in [1.807, 2.05) is 24.3 Å². The van der Waals surface area contributed by atoms with Gasteiger partial charge in [-0.25, -0.2) is 9.59 Å². The van der Waals surface area contributed by atoms with Crippen LogP contribution in [0.4, 0.5) is 4.79 Å². The average molecular weight is 448 g/mol. The largest absolute Gasteiger partial charge is 0.449 e. The molecule has 3 aromatic rings. The number of aromatic nitrogens is 2. The highest BCUT2D eigenvalue weighted by Crippen LogP contribution is 2.44. The standard InChI is InChI=1S/C24H24N4O5/c1-14-12-28(23(30)26-22(14)29)21-10-15(27-33-21)11-25-24(31)32-13-20-18-8-4-2-6-16(18)17-7-3-5-9-19(17)20/h2-9,12,15,20-21,27H,10-11,13H2,1H3,(H,25,31)(H,26,29,30)/t15-,21+/m1/s1. The molecule has 1 fully saturated rings. The van der Waals surface area contributed by atoms with E-state index in [0.717, 1.165) is 11.1 Å². The summed E-state index contributed by atoms with van der Waals surface area (Å²) in [6.07, 6.45) is 0.811. The zero-order chi connectivity index (χ0) is 22.9. The van der Waals surface area contributed by atoms with Gasteiger partial charge in [0.15, 0.2) is 6.23 Å². The molecule has 1 amide bonds. The maximum Gasteiger partial charge on any atom is 0.407 e. The minimum Gasteiger partial charge on any atom is -0.449 e. The maximum absolute atomic E-state index is 12.4. The quantitative estimate of drug-likeness (QED) is 0.551. The minimum atomic E-state index is -0.581. The monoisotopic (exact) mass is 448 g/mol. The summed E-state index contributed by atoms with van der Waals surface area (Å²) in [7, 11) is 0. The van der Waals surface area contributed by atoms with Crippen LogP contribution >= 0.6 is 0 Å². The van der Waals surface area contributed by atoms with Gasteiger partial charge in [0.05, 0.1) is 6.04 Å². The number of hydrogen-bond donors (Lipinski definition) is 3. The van der Waals surface area contributed by atoms with E-state index in [1.165, 1.54) is 21.9 Å². The second-order valence-corrected chi connectivity index (χ2v) is 8.31. The Morgan fingerprint density at radius 3 is 2.48 bits per heavy atom. The topological polar surface area (TPSA) is 114 Å². The summed E-state index contributed by atoms with van der Waals surface area (Å²) in [6, 6.07) is 16.1. The number of nitrogens with zero attached hydrogens (tertiary/aromatic N) is 1. The molecule has 2 aromatic carbocycles. The summed E-state index contributed by atoms with van der Waals surface area (Å²) in [6.45, 7) is 2.13. The van der Waals surface area contributed by atoms with E-state index in [-0.39, 0.29) is 25.1 Å². The third-order valence-corrected chi connectivity index (χ3v) is 6.15. The van der Waals surface area contributed by atoms with E-state index in [2.05, 4.69) is 40.0 Å². The first-order valence-electron chi connectivity index (χ1n) is 10.8. The lowest BCUT2D eigenvalue weighted by Gasteiger charge is -2.15. The summed E-state index contributed by atoms with van der Waals surface area (Å²) in [5.74, 6) is -0.00387. The lowest BCUT2D eigenvalue weighted by Crippen LogP contribution is -2.37. The maximum atomic E-state index is 12.4. The summed E-state index contributed by atoms with van der Waals surface area (Å²) in [5, 5.41) is 2.75. The number of carbonyl (C=O) groups is 1. The van der Waals surface area contributed by atoms with Crippen molar-refractivity contribution in [3.8, 4) is 11.1 Å². The number of nitrogens with one attached hydrogen (secondary N) is 3. The van der Waals surface area contributed by atoms with Crippen LogP contribution in [0.15, 0.2) is 64.3 Å². The van der Waals surface area contributed by atoms with Crippen LogP contribution in [0.2, 0.25) is 0 Å². The normalized spacial score (nSPS) is 19.2. The number of aryl methyl sites for hydroxylation is 1. The van der Waals surface area contributed by atoms with Gasteiger partial charge in [0.2, 0.25) is 0 Å². The van der Waals surface area contributed by atoms with Crippen molar-refractivity contribution >= 4 is 6.09 Å². The van der Waals surface area contributed by atoms with Crippen molar-refractivity contribution in [2.45, 2.75) is 31.5 Å². The summed E-state index contributed by atoms with van der Waals surface area (Å²) >= 11 is 0. The Hall–Kier alpha value is -3.69. The van der Waals surface area contributed by atoms with Crippen molar-refractivity contribution < 1.29 is 14.4 Å². The van der Waals surface area contributed by atoms with E-state index in [1.54, 1.807) is 6.92 Å². The molecule has 1 saturated heterocycles. The number of benzene rings is 2. The van der Waals surface area contributed by atoms with Crippen LogP contribution in [0, 0.1) is 6.92 Å². The van der Waals surface area contributed by atoms with E-state index in [0.29, 0.717) is 12.0 Å². The highest BCUT2D eigenvalue weighted by molar-refractivity contribution is 5.79. The number of hydroxylamine groups is 1. The molecule has 0 bridgehead atoms. The number of hydrogen-bond acceptors (Lipinski definition) is 6. The molecule has 0 saturated carbocycles. The number of carbonyl (C=O) groups excluding carboxylic acids is 1. The predicted molar refractivity (Wildman–Crippen MR) is 121 cm³/mol. The molecule has 0 radical (unpaired) electrons. The van der Waals surface area contributed by atoms with Crippen molar-refractivity contribution in [1.82, 2.24) is 20.3 Å². The summed E-state index contributed by atoms with van der Waals surface area (Å²) in [5.41, 5.74) is 6.94. The van der Waals surface area contributed by atoms with Gasteiger partial charge in [-0.15, -0.1) is 0 Å². The van der Waals surface area contributed by atoms with E-state index in [4.69, 9.17) is 9.57 Å². The second-order valence-electron chi connectivity index (χ2n) is 8.31. The van der Waals surface area contributed by atoms with Crippen molar-refractivity contribution in [2.24, 2.45) is 0 Å². The molecular weight excluding hydrogens is 424 g/mol. The molecule has 9 nitrogen and oxygen atoms in total. The lowest BCUT2D eigenvalue weighted by atomic mass is 9.98. The average Bonchev–Trinajstić information content (AvgIpc) is 3.41. The van der Waals surface area contributed by atoms with Crippen LogP contribution in [0.25, 0.3) is 11.1 Å². The number of rotatable bonds is 5. The first kappa shape index (κ1) is 21.2. The number of amides is 1. The molecule has 1 aromatic heterocycles. The van der Waals surface area contributed by atoms with Gasteiger partial charge in [0.1, 0.15) is 6.61 Å². The van der Waals surface area contributed by atoms with Crippen molar-refractivity contribution in [2.75, 3.05) is 13.2 Å².